The van der Waals surface area contributed by atoms with Gasteiger partial charge in [-0.2, -0.15) is 0 Å². The Bertz CT molecular complexity index is 610. The first-order valence-electron chi connectivity index (χ1n) is 6.40. The van der Waals surface area contributed by atoms with E-state index in [1.807, 2.05) is 0 Å². The Morgan fingerprint density at radius 2 is 1.90 bits per heavy atom. The lowest BCUT2D eigenvalue weighted by molar-refractivity contribution is 0.0776. The third kappa shape index (κ3) is 3.94. The zero-order chi connectivity index (χ0) is 15.2. The molecule has 21 heavy (non-hydrogen) atoms. The normalized spacial score (nSPS) is 13.0. The molecule has 7 heteroatoms. The smallest absolute Gasteiger partial charge is 0.123 e. The van der Waals surface area contributed by atoms with Gasteiger partial charge in [0.15, 0.2) is 0 Å². The van der Waals surface area contributed by atoms with Crippen LogP contribution in [0.4, 0.5) is 4.39 Å². The first-order chi connectivity index (χ1) is 10.1. The van der Waals surface area contributed by atoms with Gasteiger partial charge in [-0.05, 0) is 23.8 Å². The van der Waals surface area contributed by atoms with E-state index in [0.717, 1.165) is 5.56 Å². The standard InChI is InChI=1S/C14H16FN3O3/c15-11-4-1-10(2-5-11)3-6-14-13(9-20)16-17-18(14)7-12(21)8-19/h1-6,12,19-21H,7-9H2/b6-3+. The van der Waals surface area contributed by atoms with E-state index in [9.17, 15) is 14.6 Å². The maximum Gasteiger partial charge on any atom is 0.123 e. The Morgan fingerprint density at radius 1 is 1.19 bits per heavy atom. The van der Waals surface area contributed by atoms with Crippen molar-refractivity contribution in [3.8, 4) is 0 Å². The maximum atomic E-state index is 12.8. The number of halogens is 1. The highest BCUT2D eigenvalue weighted by Crippen LogP contribution is 2.12. The highest BCUT2D eigenvalue weighted by Gasteiger charge is 2.12. The van der Waals surface area contributed by atoms with Gasteiger partial charge in [0.25, 0.3) is 0 Å². The third-order valence-corrected chi connectivity index (χ3v) is 2.90. The van der Waals surface area contributed by atoms with Crippen molar-refractivity contribution in [3.05, 3.63) is 47.0 Å². The van der Waals surface area contributed by atoms with Crippen LogP contribution in [0.2, 0.25) is 0 Å². The van der Waals surface area contributed by atoms with Crippen molar-refractivity contribution in [2.45, 2.75) is 19.3 Å². The van der Waals surface area contributed by atoms with Crippen molar-refractivity contribution in [1.29, 1.82) is 0 Å². The van der Waals surface area contributed by atoms with E-state index in [1.165, 1.54) is 16.8 Å². The fraction of sp³-hybridized carbons (Fsp3) is 0.286. The number of aromatic nitrogens is 3. The Morgan fingerprint density at radius 3 is 2.52 bits per heavy atom. The van der Waals surface area contributed by atoms with Crippen LogP contribution in [0.25, 0.3) is 12.2 Å². The van der Waals surface area contributed by atoms with E-state index in [1.54, 1.807) is 24.3 Å². The van der Waals surface area contributed by atoms with Crippen molar-refractivity contribution < 1.29 is 19.7 Å². The molecule has 0 saturated heterocycles. The van der Waals surface area contributed by atoms with E-state index in [0.29, 0.717) is 11.4 Å². The first-order valence-corrected chi connectivity index (χ1v) is 6.40. The van der Waals surface area contributed by atoms with Gasteiger partial charge in [0.1, 0.15) is 11.5 Å². The number of aliphatic hydroxyl groups is 3. The molecular weight excluding hydrogens is 277 g/mol. The van der Waals surface area contributed by atoms with Crippen LogP contribution >= 0.6 is 0 Å². The molecule has 1 aromatic heterocycles. The average Bonchev–Trinajstić information content (AvgIpc) is 2.88. The second-order valence-electron chi connectivity index (χ2n) is 4.48. The molecule has 0 bridgehead atoms. The molecule has 112 valence electrons. The fourth-order valence-corrected chi connectivity index (χ4v) is 1.79. The van der Waals surface area contributed by atoms with Gasteiger partial charge < -0.3 is 15.3 Å². The van der Waals surface area contributed by atoms with Crippen LogP contribution < -0.4 is 0 Å². The molecule has 2 rings (SSSR count). The van der Waals surface area contributed by atoms with Crippen LogP contribution in [-0.4, -0.2) is 43.0 Å². The molecule has 0 aliphatic rings. The molecule has 0 amide bonds. The Labute approximate surface area is 120 Å². The zero-order valence-corrected chi connectivity index (χ0v) is 11.2. The van der Waals surface area contributed by atoms with Gasteiger partial charge in [0.2, 0.25) is 0 Å². The summed E-state index contributed by atoms with van der Waals surface area (Å²) >= 11 is 0. The summed E-state index contributed by atoms with van der Waals surface area (Å²) < 4.78 is 14.2. The Balaban J connectivity index is 2.24. The van der Waals surface area contributed by atoms with Gasteiger partial charge >= 0.3 is 0 Å². The van der Waals surface area contributed by atoms with E-state index >= 15 is 0 Å². The van der Waals surface area contributed by atoms with Crippen LogP contribution in [0.3, 0.4) is 0 Å². The van der Waals surface area contributed by atoms with Gasteiger partial charge in [-0.3, -0.25) is 0 Å². The summed E-state index contributed by atoms with van der Waals surface area (Å²) in [6, 6.07) is 5.91. The summed E-state index contributed by atoms with van der Waals surface area (Å²) in [5.74, 6) is -0.319. The maximum absolute atomic E-state index is 12.8. The SMILES string of the molecule is OCc1nnn(CC(O)CO)c1/C=C/c1ccc(F)cc1. The number of rotatable bonds is 6. The molecule has 2 aromatic rings. The lowest BCUT2D eigenvalue weighted by Crippen LogP contribution is -2.21. The number of hydrogen-bond acceptors (Lipinski definition) is 5. The summed E-state index contributed by atoms with van der Waals surface area (Å²) in [4.78, 5) is 0. The minimum atomic E-state index is -0.962. The summed E-state index contributed by atoms with van der Waals surface area (Å²) in [5.41, 5.74) is 1.66. The second kappa shape index (κ2) is 7.07. The molecule has 0 spiro atoms. The highest BCUT2D eigenvalue weighted by atomic mass is 19.1. The van der Waals surface area contributed by atoms with Gasteiger partial charge in [-0.1, -0.05) is 23.4 Å². The topological polar surface area (TPSA) is 91.4 Å². The van der Waals surface area contributed by atoms with Crippen LogP contribution in [0, 0.1) is 5.82 Å². The van der Waals surface area contributed by atoms with Crippen molar-refractivity contribution in [2.75, 3.05) is 6.61 Å². The minimum Gasteiger partial charge on any atom is -0.394 e. The van der Waals surface area contributed by atoms with Crippen molar-refractivity contribution in [1.82, 2.24) is 15.0 Å². The summed E-state index contributed by atoms with van der Waals surface area (Å²) in [7, 11) is 0. The molecule has 0 fully saturated rings. The molecule has 0 aliphatic carbocycles. The molecule has 1 atom stereocenters. The Kier molecular flexibility index (Phi) is 5.15. The molecular formula is C14H16FN3O3. The van der Waals surface area contributed by atoms with Gasteiger partial charge in [0.05, 0.1) is 31.6 Å². The van der Waals surface area contributed by atoms with E-state index in [-0.39, 0.29) is 19.0 Å². The molecule has 0 saturated carbocycles. The monoisotopic (exact) mass is 293 g/mol. The lowest BCUT2D eigenvalue weighted by Gasteiger charge is -2.08. The van der Waals surface area contributed by atoms with Crippen LogP contribution in [-0.2, 0) is 13.2 Å². The molecule has 0 aliphatic heterocycles. The van der Waals surface area contributed by atoms with Crippen LogP contribution in [0.1, 0.15) is 17.0 Å². The fourth-order valence-electron chi connectivity index (χ4n) is 1.79. The average molecular weight is 293 g/mol. The molecule has 6 nitrogen and oxygen atoms in total. The van der Waals surface area contributed by atoms with E-state index < -0.39 is 12.7 Å². The van der Waals surface area contributed by atoms with Crippen molar-refractivity contribution >= 4 is 12.2 Å². The summed E-state index contributed by atoms with van der Waals surface area (Å²) in [6.07, 6.45) is 2.43. The summed E-state index contributed by atoms with van der Waals surface area (Å²) in [5, 5.41) is 35.2. The van der Waals surface area contributed by atoms with Gasteiger partial charge in [-0.15, -0.1) is 5.10 Å². The van der Waals surface area contributed by atoms with Crippen LogP contribution in [0.15, 0.2) is 24.3 Å². The molecule has 1 aromatic carbocycles. The molecule has 1 heterocycles. The zero-order valence-electron chi connectivity index (χ0n) is 11.2. The van der Waals surface area contributed by atoms with Crippen LogP contribution in [0.5, 0.6) is 0 Å². The molecule has 1 unspecified atom stereocenters. The van der Waals surface area contributed by atoms with E-state index in [2.05, 4.69) is 10.3 Å². The van der Waals surface area contributed by atoms with Crippen molar-refractivity contribution in [3.63, 3.8) is 0 Å². The molecule has 3 N–H and O–H groups in total. The minimum absolute atomic E-state index is 0.0621. The summed E-state index contributed by atoms with van der Waals surface area (Å²) in [6.45, 7) is -0.625. The first kappa shape index (κ1) is 15.3. The van der Waals surface area contributed by atoms with Gasteiger partial charge in [-0.25, -0.2) is 9.07 Å². The number of nitrogens with zero attached hydrogens (tertiary/aromatic N) is 3. The molecule has 0 radical (unpaired) electrons. The number of benzene rings is 1. The Hall–Kier alpha value is -2.09. The predicted octanol–water partition coefficient (Wildman–Crippen LogP) is 0.433. The van der Waals surface area contributed by atoms with Crippen molar-refractivity contribution in [2.24, 2.45) is 0 Å². The number of hydrogen-bond donors (Lipinski definition) is 3. The highest BCUT2D eigenvalue weighted by molar-refractivity contribution is 5.68. The lowest BCUT2D eigenvalue weighted by atomic mass is 10.2. The second-order valence-corrected chi connectivity index (χ2v) is 4.48. The van der Waals surface area contributed by atoms with E-state index in [4.69, 9.17) is 5.11 Å². The predicted molar refractivity (Wildman–Crippen MR) is 74.4 cm³/mol. The van der Waals surface area contributed by atoms with Gasteiger partial charge in [0, 0.05) is 0 Å². The number of aliphatic hydroxyl groups excluding tert-OH is 3. The largest absolute Gasteiger partial charge is 0.394 e. The quantitative estimate of drug-likeness (QED) is 0.718. The third-order valence-electron chi connectivity index (χ3n) is 2.90.